The summed E-state index contributed by atoms with van der Waals surface area (Å²) in [7, 11) is 0. The Morgan fingerprint density at radius 3 is 3.20 bits per heavy atom. The third-order valence-electron chi connectivity index (χ3n) is 2.46. The summed E-state index contributed by atoms with van der Waals surface area (Å²) in [5, 5.41) is 14.0. The van der Waals surface area contributed by atoms with Crippen molar-refractivity contribution in [3.05, 3.63) is 10.0 Å². The van der Waals surface area contributed by atoms with Gasteiger partial charge in [-0.3, -0.25) is 0 Å². The Labute approximate surface area is 94.1 Å². The molecule has 0 radical (unpaired) electrons. The first kappa shape index (κ1) is 11.0. The van der Waals surface area contributed by atoms with E-state index in [-0.39, 0.29) is 0 Å². The summed E-state index contributed by atoms with van der Waals surface area (Å²) < 4.78 is 5.34. The van der Waals surface area contributed by atoms with Crippen molar-refractivity contribution in [3.8, 4) is 0 Å². The highest BCUT2D eigenvalue weighted by molar-refractivity contribution is 7.11. The first-order valence-corrected chi connectivity index (χ1v) is 6.32. The van der Waals surface area contributed by atoms with Crippen molar-refractivity contribution in [1.29, 1.82) is 0 Å². The van der Waals surface area contributed by atoms with Gasteiger partial charge in [0.15, 0.2) is 0 Å². The van der Waals surface area contributed by atoms with Crippen LogP contribution in [0.4, 0.5) is 0 Å². The molecule has 0 amide bonds. The van der Waals surface area contributed by atoms with E-state index in [4.69, 9.17) is 4.74 Å². The molecular weight excluding hydrogens is 210 g/mol. The monoisotopic (exact) mass is 227 g/mol. The van der Waals surface area contributed by atoms with E-state index in [1.807, 2.05) is 0 Å². The van der Waals surface area contributed by atoms with E-state index in [2.05, 4.69) is 22.4 Å². The second-order valence-corrected chi connectivity index (χ2v) is 4.86. The van der Waals surface area contributed by atoms with Gasteiger partial charge >= 0.3 is 0 Å². The molecule has 1 aromatic heterocycles. The summed E-state index contributed by atoms with van der Waals surface area (Å²) in [6.07, 6.45) is 2.25. The van der Waals surface area contributed by atoms with Crippen LogP contribution in [0.2, 0.25) is 0 Å². The van der Waals surface area contributed by atoms with Crippen LogP contribution in [0.3, 0.4) is 0 Å². The van der Waals surface area contributed by atoms with Crippen LogP contribution in [0, 0.1) is 0 Å². The highest BCUT2D eigenvalue weighted by atomic mass is 32.1. The smallest absolute Gasteiger partial charge is 0.131 e. The molecule has 15 heavy (non-hydrogen) atoms. The Kier molecular flexibility index (Phi) is 4.05. The van der Waals surface area contributed by atoms with Crippen molar-refractivity contribution in [1.82, 2.24) is 15.5 Å². The number of hydrogen-bond acceptors (Lipinski definition) is 5. The van der Waals surface area contributed by atoms with Gasteiger partial charge in [0.2, 0.25) is 0 Å². The van der Waals surface area contributed by atoms with Crippen LogP contribution >= 0.6 is 11.3 Å². The minimum atomic E-state index is 0.488. The fourth-order valence-electron chi connectivity index (χ4n) is 1.60. The standard InChI is InChI=1S/C10H17N3OS/c1-2-4-11-6-9-12-13-10(15-9)8-3-5-14-7-8/h8,11H,2-7H2,1H3. The van der Waals surface area contributed by atoms with Crippen LogP contribution in [0.1, 0.15) is 35.7 Å². The Hall–Kier alpha value is -0.520. The zero-order valence-corrected chi connectivity index (χ0v) is 9.85. The largest absolute Gasteiger partial charge is 0.381 e. The molecular formula is C10H17N3OS. The van der Waals surface area contributed by atoms with Crippen LogP contribution in [0.25, 0.3) is 0 Å². The summed E-state index contributed by atoms with van der Waals surface area (Å²) in [5.74, 6) is 0.488. The maximum atomic E-state index is 5.34. The Morgan fingerprint density at radius 1 is 1.53 bits per heavy atom. The molecule has 1 fully saturated rings. The van der Waals surface area contributed by atoms with Gasteiger partial charge in [-0.25, -0.2) is 0 Å². The van der Waals surface area contributed by atoms with E-state index in [0.29, 0.717) is 5.92 Å². The molecule has 2 rings (SSSR count). The van der Waals surface area contributed by atoms with Gasteiger partial charge in [-0.15, -0.1) is 10.2 Å². The topological polar surface area (TPSA) is 47.0 Å². The zero-order valence-electron chi connectivity index (χ0n) is 9.03. The van der Waals surface area contributed by atoms with Crippen molar-refractivity contribution in [3.63, 3.8) is 0 Å². The fraction of sp³-hybridized carbons (Fsp3) is 0.800. The first-order valence-electron chi connectivity index (χ1n) is 5.51. The average molecular weight is 227 g/mol. The van der Waals surface area contributed by atoms with E-state index in [9.17, 15) is 0 Å². The molecule has 4 nitrogen and oxygen atoms in total. The lowest BCUT2D eigenvalue weighted by atomic mass is 10.1. The fourth-order valence-corrected chi connectivity index (χ4v) is 2.54. The van der Waals surface area contributed by atoms with Gasteiger partial charge in [0, 0.05) is 19.1 Å². The van der Waals surface area contributed by atoms with E-state index in [1.165, 1.54) is 0 Å². The number of aromatic nitrogens is 2. The molecule has 2 heterocycles. The van der Waals surface area contributed by atoms with Gasteiger partial charge in [-0.05, 0) is 19.4 Å². The minimum Gasteiger partial charge on any atom is -0.381 e. The van der Waals surface area contributed by atoms with Crippen molar-refractivity contribution in [2.45, 2.75) is 32.2 Å². The molecule has 1 aromatic rings. The molecule has 5 heteroatoms. The van der Waals surface area contributed by atoms with Crippen LogP contribution in [0.5, 0.6) is 0 Å². The van der Waals surface area contributed by atoms with Crippen LogP contribution in [-0.2, 0) is 11.3 Å². The SMILES string of the molecule is CCCNCc1nnc(C2CCOC2)s1. The quantitative estimate of drug-likeness (QED) is 0.775. The van der Waals surface area contributed by atoms with Crippen LogP contribution in [-0.4, -0.2) is 30.0 Å². The maximum Gasteiger partial charge on any atom is 0.131 e. The third kappa shape index (κ3) is 2.96. The number of nitrogens with one attached hydrogen (secondary N) is 1. The summed E-state index contributed by atoms with van der Waals surface area (Å²) in [5.41, 5.74) is 0. The molecule has 0 aliphatic carbocycles. The predicted molar refractivity (Wildman–Crippen MR) is 60.1 cm³/mol. The molecule has 1 unspecified atom stereocenters. The van der Waals surface area contributed by atoms with E-state index in [0.717, 1.165) is 49.2 Å². The van der Waals surface area contributed by atoms with Crippen LogP contribution < -0.4 is 5.32 Å². The van der Waals surface area contributed by atoms with Crippen LogP contribution in [0.15, 0.2) is 0 Å². The molecule has 1 N–H and O–H groups in total. The lowest BCUT2D eigenvalue weighted by Gasteiger charge is -1.99. The molecule has 1 saturated heterocycles. The van der Waals surface area contributed by atoms with E-state index in [1.54, 1.807) is 11.3 Å². The molecule has 0 spiro atoms. The molecule has 0 aromatic carbocycles. The molecule has 1 aliphatic heterocycles. The van der Waals surface area contributed by atoms with Crippen molar-refractivity contribution in [2.24, 2.45) is 0 Å². The van der Waals surface area contributed by atoms with Gasteiger partial charge in [0.25, 0.3) is 0 Å². The average Bonchev–Trinajstić information content (AvgIpc) is 2.87. The van der Waals surface area contributed by atoms with Gasteiger partial charge in [0.1, 0.15) is 10.0 Å². The predicted octanol–water partition coefficient (Wildman–Crippen LogP) is 1.54. The Morgan fingerprint density at radius 2 is 2.47 bits per heavy atom. The Balaban J connectivity index is 1.86. The number of hydrogen-bond donors (Lipinski definition) is 1. The summed E-state index contributed by atoms with van der Waals surface area (Å²) in [4.78, 5) is 0. The van der Waals surface area contributed by atoms with E-state index >= 15 is 0 Å². The Bertz CT molecular complexity index is 297. The summed E-state index contributed by atoms with van der Waals surface area (Å²) in [6.45, 7) is 5.74. The lowest BCUT2D eigenvalue weighted by Crippen LogP contribution is -2.13. The molecule has 0 saturated carbocycles. The number of nitrogens with zero attached hydrogens (tertiary/aromatic N) is 2. The molecule has 1 atom stereocenters. The third-order valence-corrected chi connectivity index (χ3v) is 3.55. The lowest BCUT2D eigenvalue weighted by molar-refractivity contribution is 0.194. The van der Waals surface area contributed by atoms with Gasteiger partial charge < -0.3 is 10.1 Å². The van der Waals surface area contributed by atoms with Crippen molar-refractivity contribution < 1.29 is 4.74 Å². The van der Waals surface area contributed by atoms with Gasteiger partial charge in [-0.1, -0.05) is 18.3 Å². The summed E-state index contributed by atoms with van der Waals surface area (Å²) in [6, 6.07) is 0. The molecule has 84 valence electrons. The number of ether oxygens (including phenoxy) is 1. The van der Waals surface area contributed by atoms with Crippen molar-refractivity contribution in [2.75, 3.05) is 19.8 Å². The van der Waals surface area contributed by atoms with E-state index < -0.39 is 0 Å². The van der Waals surface area contributed by atoms with Gasteiger partial charge in [0.05, 0.1) is 6.61 Å². The molecule has 0 bridgehead atoms. The first-order chi connectivity index (χ1) is 7.40. The maximum absolute atomic E-state index is 5.34. The summed E-state index contributed by atoms with van der Waals surface area (Å²) >= 11 is 1.72. The zero-order chi connectivity index (χ0) is 10.5. The molecule has 1 aliphatic rings. The highest BCUT2D eigenvalue weighted by Gasteiger charge is 2.21. The second-order valence-electron chi connectivity index (χ2n) is 3.77. The number of rotatable bonds is 5. The van der Waals surface area contributed by atoms with Gasteiger partial charge in [-0.2, -0.15) is 0 Å². The normalized spacial score (nSPS) is 21.0. The minimum absolute atomic E-state index is 0.488. The second kappa shape index (κ2) is 5.53. The van der Waals surface area contributed by atoms with Crippen molar-refractivity contribution >= 4 is 11.3 Å². The highest BCUT2D eigenvalue weighted by Crippen LogP contribution is 2.27.